The maximum absolute atomic E-state index is 3.50. The topological polar surface area (TPSA) is 15.3 Å². The Labute approximate surface area is 114 Å². The highest BCUT2D eigenvalue weighted by Crippen LogP contribution is 2.35. The minimum Gasteiger partial charge on any atom is -0.317 e. The lowest BCUT2D eigenvalue weighted by Gasteiger charge is -2.49. The van der Waals surface area contributed by atoms with Gasteiger partial charge in [0.25, 0.3) is 0 Å². The summed E-state index contributed by atoms with van der Waals surface area (Å²) in [6, 6.07) is 2.31. The van der Waals surface area contributed by atoms with Crippen LogP contribution in [0.5, 0.6) is 0 Å². The minimum atomic E-state index is 0.719. The molecule has 2 aliphatic rings. The molecule has 0 aromatic rings. The van der Waals surface area contributed by atoms with E-state index in [9.17, 15) is 0 Å². The Morgan fingerprint density at radius 2 is 1.67 bits per heavy atom. The summed E-state index contributed by atoms with van der Waals surface area (Å²) in [6.07, 6.45) is 5.59. The van der Waals surface area contributed by atoms with Crippen molar-refractivity contribution in [3.05, 3.63) is 0 Å². The van der Waals surface area contributed by atoms with E-state index in [1.165, 1.54) is 32.2 Å². The Morgan fingerprint density at radius 1 is 0.944 bits per heavy atom. The number of piperidine rings is 1. The maximum atomic E-state index is 3.50. The number of rotatable bonds is 2. The molecule has 106 valence electrons. The lowest BCUT2D eigenvalue weighted by Crippen LogP contribution is -2.56. The van der Waals surface area contributed by atoms with Crippen LogP contribution in [-0.2, 0) is 0 Å². The van der Waals surface area contributed by atoms with Gasteiger partial charge < -0.3 is 5.32 Å². The van der Waals surface area contributed by atoms with Gasteiger partial charge in [0.1, 0.15) is 0 Å². The average Bonchev–Trinajstić information content (AvgIpc) is 2.36. The molecule has 0 radical (unpaired) electrons. The molecule has 1 saturated heterocycles. The molecule has 2 fully saturated rings. The zero-order chi connectivity index (χ0) is 13.3. The van der Waals surface area contributed by atoms with E-state index in [-0.39, 0.29) is 0 Å². The molecular formula is C16H32N2. The Hall–Kier alpha value is -0.0800. The van der Waals surface area contributed by atoms with Crippen molar-refractivity contribution < 1.29 is 0 Å². The van der Waals surface area contributed by atoms with Crippen LogP contribution >= 0.6 is 0 Å². The molecule has 6 unspecified atom stereocenters. The summed E-state index contributed by atoms with van der Waals surface area (Å²) in [5.74, 6) is 2.62. The molecule has 1 saturated carbocycles. The lowest BCUT2D eigenvalue weighted by atomic mass is 9.76. The third kappa shape index (κ3) is 2.75. The summed E-state index contributed by atoms with van der Waals surface area (Å²) in [7, 11) is 2.12. The Morgan fingerprint density at radius 3 is 2.28 bits per heavy atom. The molecule has 6 atom stereocenters. The highest BCUT2D eigenvalue weighted by Gasteiger charge is 2.37. The van der Waals surface area contributed by atoms with E-state index in [2.05, 4.69) is 45.0 Å². The summed E-state index contributed by atoms with van der Waals surface area (Å²) < 4.78 is 0. The molecule has 1 heterocycles. The fourth-order valence-corrected chi connectivity index (χ4v) is 4.14. The standard InChI is InChI=1S/C16H32N2/c1-11-6-7-15(10-12(11)2)18-9-8-16(17-5)13(3)14(18)4/h11-17H,6-10H2,1-5H3. The van der Waals surface area contributed by atoms with E-state index in [4.69, 9.17) is 0 Å². The lowest BCUT2D eigenvalue weighted by molar-refractivity contribution is 0.0168. The summed E-state index contributed by atoms with van der Waals surface area (Å²) in [5, 5.41) is 3.50. The summed E-state index contributed by atoms with van der Waals surface area (Å²) >= 11 is 0. The van der Waals surface area contributed by atoms with Crippen molar-refractivity contribution in [3.8, 4) is 0 Å². The largest absolute Gasteiger partial charge is 0.317 e. The van der Waals surface area contributed by atoms with Crippen molar-refractivity contribution in [3.63, 3.8) is 0 Å². The molecule has 1 aliphatic heterocycles. The predicted molar refractivity (Wildman–Crippen MR) is 78.8 cm³/mol. The first kappa shape index (κ1) is 14.3. The smallest absolute Gasteiger partial charge is 0.0117 e. The number of hydrogen-bond acceptors (Lipinski definition) is 2. The van der Waals surface area contributed by atoms with Crippen LogP contribution in [0.3, 0.4) is 0 Å². The Bertz CT molecular complexity index is 266. The first-order valence-corrected chi connectivity index (χ1v) is 7.97. The molecule has 2 heteroatoms. The Balaban J connectivity index is 1.97. The van der Waals surface area contributed by atoms with Gasteiger partial charge >= 0.3 is 0 Å². The average molecular weight is 252 g/mol. The molecule has 1 N–H and O–H groups in total. The quantitative estimate of drug-likeness (QED) is 0.812. The van der Waals surface area contributed by atoms with Crippen molar-refractivity contribution >= 4 is 0 Å². The van der Waals surface area contributed by atoms with Gasteiger partial charge in [0, 0.05) is 24.7 Å². The van der Waals surface area contributed by atoms with E-state index < -0.39 is 0 Å². The van der Waals surface area contributed by atoms with Crippen LogP contribution in [0.2, 0.25) is 0 Å². The second-order valence-electron chi connectivity index (χ2n) is 6.94. The molecule has 1 aliphatic carbocycles. The van der Waals surface area contributed by atoms with E-state index in [1.54, 1.807) is 0 Å². The van der Waals surface area contributed by atoms with Gasteiger partial charge in [-0.3, -0.25) is 4.90 Å². The van der Waals surface area contributed by atoms with Gasteiger partial charge in [-0.05, 0) is 57.4 Å². The molecule has 0 amide bonds. The molecule has 2 rings (SSSR count). The fraction of sp³-hybridized carbons (Fsp3) is 1.00. The third-order valence-electron chi connectivity index (χ3n) is 6.03. The highest BCUT2D eigenvalue weighted by molar-refractivity contribution is 4.93. The van der Waals surface area contributed by atoms with Gasteiger partial charge in [0.05, 0.1) is 0 Å². The van der Waals surface area contributed by atoms with Crippen LogP contribution in [-0.4, -0.2) is 36.6 Å². The second kappa shape index (κ2) is 5.92. The van der Waals surface area contributed by atoms with Gasteiger partial charge in [-0.2, -0.15) is 0 Å². The molecule has 0 bridgehead atoms. The molecule has 0 aromatic carbocycles. The summed E-state index contributed by atoms with van der Waals surface area (Å²) in [6.45, 7) is 11.0. The molecular weight excluding hydrogens is 220 g/mol. The normalized spacial score (nSPS) is 47.2. The number of hydrogen-bond donors (Lipinski definition) is 1. The van der Waals surface area contributed by atoms with Crippen LogP contribution in [0, 0.1) is 17.8 Å². The first-order chi connectivity index (χ1) is 8.54. The van der Waals surface area contributed by atoms with Crippen LogP contribution in [0.4, 0.5) is 0 Å². The molecule has 2 nitrogen and oxygen atoms in total. The van der Waals surface area contributed by atoms with Gasteiger partial charge in [-0.1, -0.05) is 20.8 Å². The third-order valence-corrected chi connectivity index (χ3v) is 6.03. The molecule has 0 spiro atoms. The predicted octanol–water partition coefficient (Wildman–Crippen LogP) is 3.13. The van der Waals surface area contributed by atoms with Gasteiger partial charge in [-0.15, -0.1) is 0 Å². The van der Waals surface area contributed by atoms with Crippen molar-refractivity contribution in [2.24, 2.45) is 17.8 Å². The molecule has 18 heavy (non-hydrogen) atoms. The van der Waals surface area contributed by atoms with Crippen molar-refractivity contribution in [1.82, 2.24) is 10.2 Å². The van der Waals surface area contributed by atoms with Crippen molar-refractivity contribution in [2.75, 3.05) is 13.6 Å². The maximum Gasteiger partial charge on any atom is 0.0117 e. The van der Waals surface area contributed by atoms with E-state index in [1.807, 2.05) is 0 Å². The monoisotopic (exact) mass is 252 g/mol. The second-order valence-corrected chi connectivity index (χ2v) is 6.94. The van der Waals surface area contributed by atoms with Crippen LogP contribution in [0.15, 0.2) is 0 Å². The number of likely N-dealkylation sites (tertiary alicyclic amines) is 1. The van der Waals surface area contributed by atoms with Crippen LogP contribution in [0.1, 0.15) is 53.4 Å². The van der Waals surface area contributed by atoms with Gasteiger partial charge in [-0.25, -0.2) is 0 Å². The van der Waals surface area contributed by atoms with Crippen LogP contribution in [0.25, 0.3) is 0 Å². The zero-order valence-corrected chi connectivity index (χ0v) is 12.9. The Kier molecular flexibility index (Phi) is 4.71. The number of nitrogens with zero attached hydrogens (tertiary/aromatic N) is 1. The van der Waals surface area contributed by atoms with Crippen molar-refractivity contribution in [1.29, 1.82) is 0 Å². The van der Waals surface area contributed by atoms with E-state index >= 15 is 0 Å². The number of nitrogens with one attached hydrogen (secondary N) is 1. The molecule has 0 aromatic heterocycles. The van der Waals surface area contributed by atoms with Gasteiger partial charge in [0.2, 0.25) is 0 Å². The summed E-state index contributed by atoms with van der Waals surface area (Å²) in [4.78, 5) is 2.82. The van der Waals surface area contributed by atoms with E-state index in [0.29, 0.717) is 0 Å². The highest BCUT2D eigenvalue weighted by atomic mass is 15.2. The fourth-order valence-electron chi connectivity index (χ4n) is 4.14. The van der Waals surface area contributed by atoms with Gasteiger partial charge in [0.15, 0.2) is 0 Å². The first-order valence-electron chi connectivity index (χ1n) is 7.97. The SMILES string of the molecule is CNC1CCN(C2CCC(C)C(C)C2)C(C)C1C. The minimum absolute atomic E-state index is 0.719. The van der Waals surface area contributed by atoms with Crippen LogP contribution < -0.4 is 5.32 Å². The zero-order valence-electron chi connectivity index (χ0n) is 12.9. The van der Waals surface area contributed by atoms with E-state index in [0.717, 1.165) is 35.9 Å². The van der Waals surface area contributed by atoms with Crippen molar-refractivity contribution in [2.45, 2.75) is 71.5 Å². The summed E-state index contributed by atoms with van der Waals surface area (Å²) in [5.41, 5.74) is 0.